The predicted octanol–water partition coefficient (Wildman–Crippen LogP) is -13.7. The molecule has 808 valence electrons. The Bertz CT molecular complexity index is 4750. The minimum Gasteiger partial charge on any atom is -0.481 e. The fourth-order valence-electron chi connectivity index (χ4n) is 14.2. The third-order valence-corrected chi connectivity index (χ3v) is 22.3. The van der Waals surface area contributed by atoms with Crippen molar-refractivity contribution in [2.75, 3.05) is 65.8 Å². The van der Waals surface area contributed by atoms with Crippen LogP contribution in [0.15, 0.2) is 60.7 Å². The van der Waals surface area contributed by atoms with Crippen LogP contribution in [0, 0.1) is 23.2 Å². The molecular weight excluding hydrogens is 1920 g/mol. The lowest BCUT2D eigenvalue weighted by molar-refractivity contribution is -0.150. The van der Waals surface area contributed by atoms with E-state index in [1.165, 1.54) is 31.2 Å². The summed E-state index contributed by atoms with van der Waals surface area (Å²) >= 11 is 0. The Morgan fingerprint density at radius 2 is 0.703 bits per heavy atom. The molecule has 21 atom stereocenters. The monoisotopic (exact) mass is 2060 g/mol. The van der Waals surface area contributed by atoms with Gasteiger partial charge in [0.05, 0.1) is 83.4 Å². The van der Waals surface area contributed by atoms with E-state index in [1.54, 1.807) is 71.0 Å². The second-order valence-electron chi connectivity index (χ2n) is 35.3. The van der Waals surface area contributed by atoms with E-state index >= 15 is 0 Å². The molecule has 1 aliphatic rings. The van der Waals surface area contributed by atoms with Crippen molar-refractivity contribution in [3.63, 3.8) is 0 Å². The van der Waals surface area contributed by atoms with Crippen molar-refractivity contribution < 1.29 is 162 Å². The second-order valence-corrected chi connectivity index (χ2v) is 35.3. The summed E-state index contributed by atoms with van der Waals surface area (Å²) in [5.41, 5.74) is 12.2. The molecule has 0 radical (unpaired) electrons. The zero-order valence-electron chi connectivity index (χ0n) is 81.6. The maximum Gasteiger partial charge on any atom is 0.326 e. The smallest absolute Gasteiger partial charge is 0.326 e. The lowest BCUT2D eigenvalue weighted by atomic mass is 9.97. The molecule has 1 saturated heterocycles. The van der Waals surface area contributed by atoms with Gasteiger partial charge in [-0.05, 0) is 94.6 Å². The van der Waals surface area contributed by atoms with Crippen molar-refractivity contribution in [3.8, 4) is 0 Å². The Morgan fingerprint density at radius 3 is 1.10 bits per heavy atom. The van der Waals surface area contributed by atoms with Gasteiger partial charge < -0.3 is 174 Å². The summed E-state index contributed by atoms with van der Waals surface area (Å²) in [6.45, 7) is 4.06. The highest BCUT2D eigenvalue weighted by Crippen LogP contribution is 2.22. The number of likely N-dealkylation sites (tertiary alicyclic amines) is 1. The summed E-state index contributed by atoms with van der Waals surface area (Å²) in [7, 11) is 0. The molecule has 3 rings (SSSR count). The number of hydrogen-bond donors (Lipinski definition) is 33. The Balaban J connectivity index is 1.72. The van der Waals surface area contributed by atoms with Crippen molar-refractivity contribution in [2.45, 2.75) is 260 Å². The van der Waals surface area contributed by atoms with Crippen molar-refractivity contribution >= 4 is 136 Å². The van der Waals surface area contributed by atoms with Gasteiger partial charge in [0.2, 0.25) is 112 Å². The van der Waals surface area contributed by atoms with Gasteiger partial charge in [-0.1, -0.05) is 109 Å². The summed E-state index contributed by atoms with van der Waals surface area (Å²) in [4.78, 5) is 297. The van der Waals surface area contributed by atoms with Gasteiger partial charge in [-0.25, -0.2) is 4.79 Å². The van der Waals surface area contributed by atoms with Crippen molar-refractivity contribution in [1.82, 2.24) is 106 Å². The quantitative estimate of drug-likeness (QED) is 0.0166. The lowest BCUT2D eigenvalue weighted by Crippen LogP contribution is -2.64. The molecule has 0 spiro atoms. The molecule has 2 aromatic rings. The number of aliphatic hydroxyl groups is 8. The number of hydrogen-bond acceptors (Lipinski definition) is 32. The van der Waals surface area contributed by atoms with Crippen molar-refractivity contribution in [1.29, 1.82) is 5.41 Å². The van der Waals surface area contributed by atoms with E-state index in [0.29, 0.717) is 24.0 Å². The number of carboxylic acids is 3. The highest BCUT2D eigenvalue weighted by Gasteiger charge is 2.43. The number of carbonyl (C=O) groups excluding carboxylic acids is 19. The van der Waals surface area contributed by atoms with Gasteiger partial charge in [0.1, 0.15) is 96.7 Å². The highest BCUT2D eigenvalue weighted by molar-refractivity contribution is 6.02. The van der Waals surface area contributed by atoms with Gasteiger partial charge in [0, 0.05) is 32.4 Å². The molecule has 2 aromatic carbocycles. The number of nitrogens with one attached hydrogen (secondary N) is 20. The van der Waals surface area contributed by atoms with Crippen LogP contribution in [-0.2, 0) is 118 Å². The highest BCUT2D eigenvalue weighted by atomic mass is 16.4. The van der Waals surface area contributed by atoms with Crippen LogP contribution in [0.5, 0.6) is 0 Å². The molecule has 1 fully saturated rings. The molecule has 1 heterocycles. The standard InChI is InChI=1S/C89H139N23O33/c1-10-44(6)68(83(139)107-61(41-117)82(138)106-60(40-116)81(137)101-52(29-42(2)3)76(132)99-51(25-26-66(124)125)87(143)112-28-18-24-62(112)88(144)145)109-86(142)71(47(9)120)111-79(135)53(30-43(4)5)103-85(141)70(46(8)119)110-80(136)55(32-49-21-15-12-16-22-49)102-78(134)56(33-67(126)127)104-84(140)69(45(7)118)108-65(123)36-96-74(130)58(38-114)98-63(121)34-94-73(129)57(37-113)97-64(122)35-95-75(131)59(39-115)105-77(133)54(31-48-19-13-11-14-20-48)100-72(128)50(90)23-17-27-93-89(91)92/h11-16,19-22,42-47,50-62,68-71,113-120H,10,17-18,23-41,90H2,1-9H3,(H,94,129)(H,95,131)(H,96,130)(H,97,122)(H,98,121)(H,99,132)(H,100,128)(H,101,137)(H,102,134)(H,103,141)(H,104,140)(H,105,133)(H,106,138)(H,107,139)(H,108,123)(H,109,142)(H,110,136)(H,111,135)(H,124,125)(H,126,127)(H,144,145)(H4,91,92,93)/t44-,45+,46+,47+,50-,51-,52-,53-,54-,55-,56-,57-,58-,59-,60-,61-,62-,68-,69-,70-,71-/m0/s1. The molecule has 145 heavy (non-hydrogen) atoms. The number of nitrogens with zero attached hydrogens (tertiary/aromatic N) is 1. The number of carboxylic acid groups (broad SMARTS) is 3. The summed E-state index contributed by atoms with van der Waals surface area (Å²) in [5, 5.41) is 163. The molecule has 56 heteroatoms. The zero-order valence-corrected chi connectivity index (χ0v) is 81.6. The number of benzene rings is 2. The van der Waals surface area contributed by atoms with E-state index in [-0.39, 0.29) is 63.5 Å². The maximum absolute atomic E-state index is 14.6. The molecule has 0 unspecified atom stereocenters. The average Bonchev–Trinajstić information content (AvgIpc) is 1.82. The number of aliphatic carboxylic acids is 3. The lowest BCUT2D eigenvalue weighted by Gasteiger charge is -2.31. The predicted molar refractivity (Wildman–Crippen MR) is 506 cm³/mol. The minimum absolute atomic E-state index is 0.0152. The first-order chi connectivity index (χ1) is 68.2. The summed E-state index contributed by atoms with van der Waals surface area (Å²) in [6, 6.07) is -13.8. The summed E-state index contributed by atoms with van der Waals surface area (Å²) in [5.74, 6) is -28.9. The van der Waals surface area contributed by atoms with Crippen LogP contribution in [0.25, 0.3) is 0 Å². The van der Waals surface area contributed by atoms with Gasteiger partial charge in [-0.2, -0.15) is 0 Å². The molecule has 35 N–H and O–H groups in total. The number of aliphatic hydroxyl groups excluding tert-OH is 8. The van der Waals surface area contributed by atoms with E-state index in [1.807, 2.05) is 10.6 Å². The van der Waals surface area contributed by atoms with Crippen LogP contribution < -0.4 is 112 Å². The van der Waals surface area contributed by atoms with E-state index in [0.717, 1.165) is 25.7 Å². The van der Waals surface area contributed by atoms with Gasteiger partial charge in [-0.3, -0.25) is 106 Å². The number of rotatable bonds is 65. The number of guanidine groups is 1. The van der Waals surface area contributed by atoms with Crippen molar-refractivity contribution in [3.05, 3.63) is 71.8 Å². The largest absolute Gasteiger partial charge is 0.481 e. The number of nitrogens with two attached hydrogens (primary N) is 2. The first kappa shape index (κ1) is 125. The molecule has 1 aliphatic heterocycles. The molecule has 0 saturated carbocycles. The van der Waals surface area contributed by atoms with Gasteiger partial charge >= 0.3 is 17.9 Å². The van der Waals surface area contributed by atoms with E-state index < -0.39 is 341 Å². The minimum atomic E-state index is -2.19. The zero-order chi connectivity index (χ0) is 109. The average molecular weight is 2060 g/mol. The van der Waals surface area contributed by atoms with Gasteiger partial charge in [0.15, 0.2) is 5.96 Å². The number of amides is 19. The normalized spacial score (nSPS) is 16.3. The SMILES string of the molecule is CC[C@H](C)[C@H](NC(=O)[C@@H](NC(=O)[C@H](CC(C)C)NC(=O)[C@@H](NC(=O)[C@H](Cc1ccccc1)NC(=O)[C@H](CC(=O)O)NC(=O)[C@@H](NC(=O)CNC(=O)[C@H](CO)NC(=O)CNC(=O)[C@H](CO)NC(=O)CNC(=O)[C@H](CO)NC(=O)[C@H](Cc1ccccc1)NC(=O)[C@@H](N)CCCNC(=N)N)[C@@H](C)O)[C@@H](C)O)[C@@H](C)O)C(=O)N[C@@H](CO)C(=O)N[C@@H](CO)C(=O)N[C@@H](CC(C)C)C(=O)N[C@@H](CCC(=O)O)C(=O)N1CCC[C@H]1C(=O)O. The first-order valence-corrected chi connectivity index (χ1v) is 46.6. The first-order valence-electron chi connectivity index (χ1n) is 46.6. The maximum atomic E-state index is 14.6. The third kappa shape index (κ3) is 44.2. The molecule has 19 amide bonds. The molecule has 0 aliphatic carbocycles. The van der Waals surface area contributed by atoms with Crippen LogP contribution in [0.2, 0.25) is 0 Å². The molecule has 56 nitrogen and oxygen atoms in total. The Labute approximate surface area is 832 Å². The summed E-state index contributed by atoms with van der Waals surface area (Å²) in [6.07, 6.45) is -8.07. The Hall–Kier alpha value is -14.3. The van der Waals surface area contributed by atoms with Crippen LogP contribution in [0.1, 0.15) is 138 Å². The second kappa shape index (κ2) is 63.7. The Kier molecular flexibility index (Phi) is 54.8. The topological polar surface area (TPSA) is 906 Å². The van der Waals surface area contributed by atoms with Crippen LogP contribution in [0.3, 0.4) is 0 Å². The van der Waals surface area contributed by atoms with Gasteiger partial charge in [0.25, 0.3) is 0 Å². The van der Waals surface area contributed by atoms with Crippen LogP contribution >= 0.6 is 0 Å². The van der Waals surface area contributed by atoms with Gasteiger partial charge in [-0.15, -0.1) is 0 Å². The molecule has 0 bridgehead atoms. The van der Waals surface area contributed by atoms with Crippen LogP contribution in [0.4, 0.5) is 0 Å². The fourth-order valence-corrected chi connectivity index (χ4v) is 14.2. The summed E-state index contributed by atoms with van der Waals surface area (Å²) < 4.78 is 0. The fraction of sp³-hybridized carbons (Fsp3) is 0.607. The van der Waals surface area contributed by atoms with E-state index in [2.05, 4.69) is 90.4 Å². The van der Waals surface area contributed by atoms with Crippen molar-refractivity contribution in [2.24, 2.45) is 29.2 Å². The van der Waals surface area contributed by atoms with E-state index in [4.69, 9.17) is 16.9 Å². The third-order valence-electron chi connectivity index (χ3n) is 22.3. The van der Waals surface area contributed by atoms with Crippen LogP contribution in [-0.4, -0.2) is 384 Å². The number of carbonyl (C=O) groups is 22. The van der Waals surface area contributed by atoms with E-state index in [9.17, 15) is 162 Å². The molecule has 0 aromatic heterocycles. The molecular formula is C89H139N23O33. The Morgan fingerprint density at radius 1 is 0.379 bits per heavy atom.